The largest absolute Gasteiger partial charge is 0.418 e. The van der Waals surface area contributed by atoms with Gasteiger partial charge in [0.15, 0.2) is 5.43 Å². The zero-order valence-corrected chi connectivity index (χ0v) is 12.6. The van der Waals surface area contributed by atoms with Crippen LogP contribution in [0.2, 0.25) is 0 Å². The molecule has 1 N–H and O–H groups in total. The Morgan fingerprint density at radius 2 is 1.82 bits per heavy atom. The summed E-state index contributed by atoms with van der Waals surface area (Å²) in [5.41, 5.74) is -0.671. The summed E-state index contributed by atoms with van der Waals surface area (Å²) < 4.78 is 39.2. The molecule has 1 aromatic carbocycles. The Bertz CT molecular complexity index is 688. The number of halogens is 3. The van der Waals surface area contributed by atoms with Gasteiger partial charge in [0.2, 0.25) is 0 Å². The van der Waals surface area contributed by atoms with E-state index in [1.165, 1.54) is 18.2 Å². The molecule has 0 aliphatic carbocycles. The SMILES string of the molecule is CCCCCCCc1cc(=O)c2cccc(C(F)(F)F)c2[nH]1. The number of unbranched alkanes of at least 4 members (excludes halogenated alkanes) is 4. The van der Waals surface area contributed by atoms with Crippen LogP contribution in [-0.2, 0) is 12.6 Å². The van der Waals surface area contributed by atoms with Gasteiger partial charge in [-0.05, 0) is 25.0 Å². The molecular weight excluding hydrogens is 291 g/mol. The van der Waals surface area contributed by atoms with Crippen LogP contribution in [0.3, 0.4) is 0 Å². The normalized spacial score (nSPS) is 12.0. The standard InChI is InChI=1S/C17H20F3NO/c1-2-3-4-5-6-8-12-11-15(22)13-9-7-10-14(16(13)21-12)17(18,19)20/h7,9-11H,2-6,8H2,1H3,(H,21,22). The van der Waals surface area contributed by atoms with Crippen molar-refractivity contribution in [2.75, 3.05) is 0 Å². The van der Waals surface area contributed by atoms with E-state index < -0.39 is 11.7 Å². The zero-order chi connectivity index (χ0) is 16.2. The van der Waals surface area contributed by atoms with Gasteiger partial charge < -0.3 is 4.98 Å². The van der Waals surface area contributed by atoms with Crippen LogP contribution in [0, 0.1) is 0 Å². The van der Waals surface area contributed by atoms with Crippen molar-refractivity contribution in [3.8, 4) is 0 Å². The minimum atomic E-state index is -4.47. The van der Waals surface area contributed by atoms with Gasteiger partial charge >= 0.3 is 6.18 Å². The highest BCUT2D eigenvalue weighted by atomic mass is 19.4. The van der Waals surface area contributed by atoms with E-state index in [0.29, 0.717) is 12.1 Å². The minimum absolute atomic E-state index is 0.0876. The second-order valence-electron chi connectivity index (χ2n) is 5.55. The first kappa shape index (κ1) is 16.6. The minimum Gasteiger partial charge on any atom is -0.358 e. The van der Waals surface area contributed by atoms with Gasteiger partial charge in [0, 0.05) is 17.1 Å². The van der Waals surface area contributed by atoms with Gasteiger partial charge in [-0.25, -0.2) is 0 Å². The fourth-order valence-electron chi connectivity index (χ4n) is 2.61. The summed E-state index contributed by atoms with van der Waals surface area (Å²) >= 11 is 0. The van der Waals surface area contributed by atoms with Crippen LogP contribution in [0.4, 0.5) is 13.2 Å². The number of nitrogens with one attached hydrogen (secondary N) is 1. The molecule has 2 rings (SSSR count). The number of para-hydroxylation sites is 1. The monoisotopic (exact) mass is 311 g/mol. The number of aromatic amines is 1. The van der Waals surface area contributed by atoms with E-state index in [2.05, 4.69) is 11.9 Å². The molecule has 0 atom stereocenters. The molecule has 0 saturated carbocycles. The van der Waals surface area contributed by atoms with Gasteiger partial charge in [-0.3, -0.25) is 4.79 Å². The van der Waals surface area contributed by atoms with Gasteiger partial charge in [-0.1, -0.05) is 38.7 Å². The molecule has 2 nitrogen and oxygen atoms in total. The Kier molecular flexibility index (Phi) is 5.27. The smallest absolute Gasteiger partial charge is 0.358 e. The number of aryl methyl sites for hydroxylation is 1. The average Bonchev–Trinajstić information content (AvgIpc) is 2.45. The number of pyridine rings is 1. The quantitative estimate of drug-likeness (QED) is 0.743. The third kappa shape index (κ3) is 3.90. The van der Waals surface area contributed by atoms with Crippen molar-refractivity contribution in [3.63, 3.8) is 0 Å². The van der Waals surface area contributed by atoms with Gasteiger partial charge in [0.1, 0.15) is 0 Å². The van der Waals surface area contributed by atoms with E-state index in [-0.39, 0.29) is 16.3 Å². The number of H-pyrrole nitrogens is 1. The number of rotatable bonds is 6. The number of fused-ring (bicyclic) bond motifs is 1. The molecule has 0 saturated heterocycles. The highest BCUT2D eigenvalue weighted by Gasteiger charge is 2.33. The van der Waals surface area contributed by atoms with Crippen LogP contribution in [0.25, 0.3) is 10.9 Å². The maximum absolute atomic E-state index is 13.1. The maximum Gasteiger partial charge on any atom is 0.418 e. The summed E-state index contributed by atoms with van der Waals surface area (Å²) in [4.78, 5) is 14.8. The summed E-state index contributed by atoms with van der Waals surface area (Å²) in [6.45, 7) is 2.12. The predicted molar refractivity (Wildman–Crippen MR) is 82.0 cm³/mol. The van der Waals surface area contributed by atoms with E-state index >= 15 is 0 Å². The summed E-state index contributed by atoms with van der Waals surface area (Å²) in [5.74, 6) is 0. The highest BCUT2D eigenvalue weighted by molar-refractivity contribution is 5.82. The summed E-state index contributed by atoms with van der Waals surface area (Å²) in [5, 5.41) is 0.0876. The molecule has 0 spiro atoms. The molecular formula is C17H20F3NO. The Morgan fingerprint density at radius 1 is 1.09 bits per heavy atom. The Labute approximate surface area is 127 Å². The van der Waals surface area contributed by atoms with Crippen LogP contribution in [0.1, 0.15) is 50.3 Å². The van der Waals surface area contributed by atoms with E-state index in [1.807, 2.05) is 0 Å². The van der Waals surface area contributed by atoms with Crippen LogP contribution in [0.5, 0.6) is 0 Å². The summed E-state index contributed by atoms with van der Waals surface area (Å²) in [6.07, 6.45) is 1.43. The molecule has 22 heavy (non-hydrogen) atoms. The first-order chi connectivity index (χ1) is 10.4. The Balaban J connectivity index is 2.29. The summed E-state index contributed by atoms with van der Waals surface area (Å²) in [6, 6.07) is 5.12. The molecule has 0 radical (unpaired) electrons. The average molecular weight is 311 g/mol. The lowest BCUT2D eigenvalue weighted by molar-refractivity contribution is -0.136. The molecule has 2 aromatic rings. The molecule has 1 heterocycles. The summed E-state index contributed by atoms with van der Waals surface area (Å²) in [7, 11) is 0. The van der Waals surface area contributed by atoms with E-state index in [0.717, 1.165) is 38.2 Å². The maximum atomic E-state index is 13.1. The van der Waals surface area contributed by atoms with Gasteiger partial charge in [-0.15, -0.1) is 0 Å². The Hall–Kier alpha value is -1.78. The van der Waals surface area contributed by atoms with Crippen molar-refractivity contribution >= 4 is 10.9 Å². The van der Waals surface area contributed by atoms with Crippen molar-refractivity contribution in [1.29, 1.82) is 0 Å². The van der Waals surface area contributed by atoms with Crippen LogP contribution in [-0.4, -0.2) is 4.98 Å². The fraction of sp³-hybridized carbons (Fsp3) is 0.471. The molecule has 0 unspecified atom stereocenters. The van der Waals surface area contributed by atoms with Crippen LogP contribution >= 0.6 is 0 Å². The first-order valence-corrected chi connectivity index (χ1v) is 7.65. The molecule has 120 valence electrons. The highest BCUT2D eigenvalue weighted by Crippen LogP contribution is 2.33. The molecule has 0 fully saturated rings. The third-order valence-corrected chi connectivity index (χ3v) is 3.78. The topological polar surface area (TPSA) is 32.9 Å². The number of hydrogen-bond acceptors (Lipinski definition) is 1. The lowest BCUT2D eigenvalue weighted by atomic mass is 10.1. The van der Waals surface area contributed by atoms with Gasteiger partial charge in [0.05, 0.1) is 11.1 Å². The van der Waals surface area contributed by atoms with Crippen molar-refractivity contribution in [1.82, 2.24) is 4.98 Å². The number of aromatic nitrogens is 1. The van der Waals surface area contributed by atoms with E-state index in [4.69, 9.17) is 0 Å². The number of hydrogen-bond donors (Lipinski definition) is 1. The second-order valence-corrected chi connectivity index (χ2v) is 5.55. The number of alkyl halides is 3. The number of benzene rings is 1. The van der Waals surface area contributed by atoms with Gasteiger partial charge in [-0.2, -0.15) is 13.2 Å². The molecule has 0 bridgehead atoms. The Morgan fingerprint density at radius 3 is 2.50 bits per heavy atom. The van der Waals surface area contributed by atoms with E-state index in [1.54, 1.807) is 0 Å². The first-order valence-electron chi connectivity index (χ1n) is 7.65. The molecule has 0 aliphatic rings. The lowest BCUT2D eigenvalue weighted by Gasteiger charge is -2.11. The third-order valence-electron chi connectivity index (χ3n) is 3.78. The zero-order valence-electron chi connectivity index (χ0n) is 12.6. The second kappa shape index (κ2) is 6.99. The molecule has 1 aromatic heterocycles. The molecule has 5 heteroatoms. The van der Waals surface area contributed by atoms with Crippen molar-refractivity contribution in [2.45, 2.75) is 51.6 Å². The van der Waals surface area contributed by atoms with Crippen LogP contribution in [0.15, 0.2) is 29.1 Å². The van der Waals surface area contributed by atoms with Crippen molar-refractivity contribution in [3.05, 3.63) is 45.7 Å². The fourth-order valence-corrected chi connectivity index (χ4v) is 2.61. The molecule has 0 amide bonds. The molecule has 0 aliphatic heterocycles. The van der Waals surface area contributed by atoms with Crippen molar-refractivity contribution < 1.29 is 13.2 Å². The van der Waals surface area contributed by atoms with Gasteiger partial charge in [0.25, 0.3) is 0 Å². The van der Waals surface area contributed by atoms with Crippen molar-refractivity contribution in [2.24, 2.45) is 0 Å². The van der Waals surface area contributed by atoms with Crippen LogP contribution < -0.4 is 5.43 Å². The lowest BCUT2D eigenvalue weighted by Crippen LogP contribution is -2.12. The van der Waals surface area contributed by atoms with E-state index in [9.17, 15) is 18.0 Å². The predicted octanol–water partition coefficient (Wildman–Crippen LogP) is 5.06.